The molecule has 6 rings (SSSR count). The number of carboxylic acid groups (broad SMARTS) is 1. The van der Waals surface area contributed by atoms with Crippen LogP contribution in [-0.2, 0) is 13.0 Å². The van der Waals surface area contributed by atoms with Crippen molar-refractivity contribution in [2.24, 2.45) is 0 Å². The number of hydrogen-bond acceptors (Lipinski definition) is 6. The molecule has 0 bridgehead atoms. The van der Waals surface area contributed by atoms with Gasteiger partial charge in [-0.3, -0.25) is 4.79 Å². The molecular weight excluding hydrogens is 482 g/mol. The predicted octanol–water partition coefficient (Wildman–Crippen LogP) is 5.86. The highest BCUT2D eigenvalue weighted by Crippen LogP contribution is 2.31. The smallest absolute Gasteiger partial charge is 0.335 e. The SMILES string of the molecule is O=C(O)c1ccc(CNC(=O)c2cc(-c3ccon3)cc3onc(Cc4ccc5ccccc5c4)c23)cc1. The molecular formula is C30H21N3O5. The Labute approximate surface area is 216 Å². The van der Waals surface area contributed by atoms with Crippen LogP contribution in [0.3, 0.4) is 0 Å². The van der Waals surface area contributed by atoms with Gasteiger partial charge in [-0.25, -0.2) is 4.79 Å². The maximum Gasteiger partial charge on any atom is 0.335 e. The zero-order valence-electron chi connectivity index (χ0n) is 20.0. The summed E-state index contributed by atoms with van der Waals surface area (Å²) in [6.07, 6.45) is 1.95. The maximum absolute atomic E-state index is 13.5. The fourth-order valence-corrected chi connectivity index (χ4v) is 4.53. The molecule has 0 unspecified atom stereocenters. The van der Waals surface area contributed by atoms with Crippen molar-refractivity contribution in [2.45, 2.75) is 13.0 Å². The Bertz CT molecular complexity index is 1790. The molecule has 0 saturated carbocycles. The first-order chi connectivity index (χ1) is 18.5. The van der Waals surface area contributed by atoms with Crippen LogP contribution in [0.25, 0.3) is 33.0 Å². The standard InChI is InChI=1S/C30H21N3O5/c34-29(31-17-18-5-9-21(10-6-18)30(35)36)24-15-23(25-11-12-37-32-25)16-27-28(24)26(33-38-27)14-19-7-8-20-3-1-2-4-22(20)13-19/h1-13,15-16H,14,17H2,(H,31,34)(H,35,36). The number of carbonyl (C=O) groups is 2. The minimum absolute atomic E-state index is 0.185. The lowest BCUT2D eigenvalue weighted by molar-refractivity contribution is 0.0696. The summed E-state index contributed by atoms with van der Waals surface area (Å²) in [7, 11) is 0. The van der Waals surface area contributed by atoms with Gasteiger partial charge in [0, 0.05) is 24.6 Å². The zero-order chi connectivity index (χ0) is 26.1. The lowest BCUT2D eigenvalue weighted by atomic mass is 9.98. The highest BCUT2D eigenvalue weighted by molar-refractivity contribution is 6.08. The molecule has 38 heavy (non-hydrogen) atoms. The average Bonchev–Trinajstić information content (AvgIpc) is 3.62. The van der Waals surface area contributed by atoms with Crippen LogP contribution in [0.15, 0.2) is 100 Å². The molecule has 0 radical (unpaired) electrons. The highest BCUT2D eigenvalue weighted by atomic mass is 16.5. The highest BCUT2D eigenvalue weighted by Gasteiger charge is 2.21. The fourth-order valence-electron chi connectivity index (χ4n) is 4.53. The Balaban J connectivity index is 1.35. The van der Waals surface area contributed by atoms with Crippen LogP contribution in [0.5, 0.6) is 0 Å². The Kier molecular flexibility index (Phi) is 5.89. The van der Waals surface area contributed by atoms with Crippen molar-refractivity contribution in [3.63, 3.8) is 0 Å². The van der Waals surface area contributed by atoms with Crippen molar-refractivity contribution in [2.75, 3.05) is 0 Å². The molecule has 0 atom stereocenters. The second kappa shape index (κ2) is 9.67. The van der Waals surface area contributed by atoms with E-state index in [0.717, 1.165) is 21.9 Å². The lowest BCUT2D eigenvalue weighted by Gasteiger charge is -2.09. The Morgan fingerprint density at radius 1 is 0.842 bits per heavy atom. The predicted molar refractivity (Wildman–Crippen MR) is 141 cm³/mol. The summed E-state index contributed by atoms with van der Waals surface area (Å²) in [5.41, 5.74) is 4.76. The summed E-state index contributed by atoms with van der Waals surface area (Å²) in [5.74, 6) is -1.32. The van der Waals surface area contributed by atoms with E-state index in [1.54, 1.807) is 30.3 Å². The molecule has 0 saturated heterocycles. The van der Waals surface area contributed by atoms with E-state index in [1.807, 2.05) is 18.2 Å². The van der Waals surface area contributed by atoms with Gasteiger partial charge in [0.1, 0.15) is 12.0 Å². The molecule has 8 nitrogen and oxygen atoms in total. The van der Waals surface area contributed by atoms with Gasteiger partial charge in [0.25, 0.3) is 5.91 Å². The normalized spacial score (nSPS) is 11.2. The third-order valence-corrected chi connectivity index (χ3v) is 6.46. The molecule has 4 aromatic carbocycles. The van der Waals surface area contributed by atoms with Gasteiger partial charge in [0.2, 0.25) is 0 Å². The van der Waals surface area contributed by atoms with Crippen molar-refractivity contribution < 1.29 is 23.7 Å². The second-order valence-electron chi connectivity index (χ2n) is 8.95. The van der Waals surface area contributed by atoms with Gasteiger partial charge in [0.05, 0.1) is 22.2 Å². The first-order valence-corrected chi connectivity index (χ1v) is 12.0. The van der Waals surface area contributed by atoms with E-state index in [0.29, 0.717) is 39.9 Å². The van der Waals surface area contributed by atoms with E-state index in [9.17, 15) is 9.59 Å². The molecule has 2 N–H and O–H groups in total. The quantitative estimate of drug-likeness (QED) is 0.280. The number of amides is 1. The van der Waals surface area contributed by atoms with Gasteiger partial charge in [0.15, 0.2) is 5.58 Å². The maximum atomic E-state index is 13.5. The van der Waals surface area contributed by atoms with Crippen LogP contribution in [0, 0.1) is 0 Å². The Morgan fingerprint density at radius 3 is 2.39 bits per heavy atom. The fraction of sp³-hybridized carbons (Fsp3) is 0.0667. The third-order valence-electron chi connectivity index (χ3n) is 6.46. The van der Waals surface area contributed by atoms with Gasteiger partial charge >= 0.3 is 5.97 Å². The number of aromatic carboxylic acids is 1. The molecule has 6 aromatic rings. The van der Waals surface area contributed by atoms with Crippen molar-refractivity contribution in [3.8, 4) is 11.3 Å². The average molecular weight is 504 g/mol. The molecule has 8 heteroatoms. The molecule has 0 aliphatic carbocycles. The number of rotatable bonds is 7. The van der Waals surface area contributed by atoms with Crippen LogP contribution in [0.1, 0.15) is 37.5 Å². The van der Waals surface area contributed by atoms with E-state index in [-0.39, 0.29) is 18.0 Å². The van der Waals surface area contributed by atoms with E-state index in [2.05, 4.69) is 39.9 Å². The third kappa shape index (κ3) is 4.51. The minimum Gasteiger partial charge on any atom is -0.478 e. The van der Waals surface area contributed by atoms with Gasteiger partial charge in [-0.2, -0.15) is 0 Å². The molecule has 1 amide bonds. The summed E-state index contributed by atoms with van der Waals surface area (Å²) in [5, 5.41) is 23.3. The van der Waals surface area contributed by atoms with Crippen LogP contribution in [-0.4, -0.2) is 27.3 Å². The number of aromatic nitrogens is 2. The van der Waals surface area contributed by atoms with E-state index < -0.39 is 5.97 Å². The van der Waals surface area contributed by atoms with E-state index in [1.165, 1.54) is 18.4 Å². The van der Waals surface area contributed by atoms with Crippen molar-refractivity contribution in [1.29, 1.82) is 0 Å². The topological polar surface area (TPSA) is 118 Å². The van der Waals surface area contributed by atoms with E-state index in [4.69, 9.17) is 14.2 Å². The number of carboxylic acids is 1. The monoisotopic (exact) mass is 503 g/mol. The summed E-state index contributed by atoms with van der Waals surface area (Å²) < 4.78 is 10.7. The van der Waals surface area contributed by atoms with Crippen LogP contribution in [0.2, 0.25) is 0 Å². The van der Waals surface area contributed by atoms with Gasteiger partial charge in [-0.1, -0.05) is 64.9 Å². The number of benzene rings is 4. The van der Waals surface area contributed by atoms with Crippen LogP contribution < -0.4 is 5.32 Å². The lowest BCUT2D eigenvalue weighted by Crippen LogP contribution is -2.23. The summed E-state index contributed by atoms with van der Waals surface area (Å²) in [4.78, 5) is 24.6. The Hall–Kier alpha value is -5.24. The van der Waals surface area contributed by atoms with Crippen molar-refractivity contribution in [3.05, 3.63) is 119 Å². The summed E-state index contributed by atoms with van der Waals surface area (Å²) >= 11 is 0. The number of hydrogen-bond donors (Lipinski definition) is 2. The summed E-state index contributed by atoms with van der Waals surface area (Å²) in [6.45, 7) is 0.222. The van der Waals surface area contributed by atoms with Crippen molar-refractivity contribution >= 4 is 33.6 Å². The summed E-state index contributed by atoms with van der Waals surface area (Å²) in [6, 6.07) is 26.0. The largest absolute Gasteiger partial charge is 0.478 e. The van der Waals surface area contributed by atoms with Crippen LogP contribution >= 0.6 is 0 Å². The van der Waals surface area contributed by atoms with Gasteiger partial charge in [-0.05, 0) is 46.2 Å². The molecule has 186 valence electrons. The number of carbonyl (C=O) groups excluding carboxylic acids is 1. The first-order valence-electron chi connectivity index (χ1n) is 12.0. The number of fused-ring (bicyclic) bond motifs is 2. The van der Waals surface area contributed by atoms with Crippen molar-refractivity contribution in [1.82, 2.24) is 15.6 Å². The first kappa shape index (κ1) is 23.2. The molecule has 0 fully saturated rings. The van der Waals surface area contributed by atoms with Gasteiger partial charge < -0.3 is 19.5 Å². The molecule has 2 heterocycles. The molecule has 2 aromatic heterocycles. The van der Waals surface area contributed by atoms with Crippen LogP contribution in [0.4, 0.5) is 0 Å². The Morgan fingerprint density at radius 2 is 1.63 bits per heavy atom. The van der Waals surface area contributed by atoms with Gasteiger partial charge in [-0.15, -0.1) is 0 Å². The number of nitrogens with zero attached hydrogens (tertiary/aromatic N) is 2. The second-order valence-corrected chi connectivity index (χ2v) is 8.95. The zero-order valence-corrected chi connectivity index (χ0v) is 20.0. The minimum atomic E-state index is -1.00. The molecule has 0 aliphatic rings. The van der Waals surface area contributed by atoms with E-state index >= 15 is 0 Å². The molecule has 0 spiro atoms. The number of nitrogens with one attached hydrogen (secondary N) is 1. The molecule has 0 aliphatic heterocycles.